The molecule has 0 N–H and O–H groups in total. The molecule has 0 saturated heterocycles. The fourth-order valence-corrected chi connectivity index (χ4v) is 3.95. The van der Waals surface area contributed by atoms with E-state index in [1.165, 1.54) is 22.3 Å². The highest BCUT2D eigenvalue weighted by Crippen LogP contribution is 2.44. The van der Waals surface area contributed by atoms with Crippen LogP contribution >= 0.6 is 0 Å². The molecule has 0 spiro atoms. The smallest absolute Gasteiger partial charge is 0.410 e. The number of hydrogen-bond donors (Lipinski definition) is 0. The molecule has 3 aromatic carbocycles. The lowest BCUT2D eigenvalue weighted by Crippen LogP contribution is -2.32. The number of nitriles is 1. The summed E-state index contributed by atoms with van der Waals surface area (Å²) < 4.78 is 5.76. The summed E-state index contributed by atoms with van der Waals surface area (Å²) in [5.74, 6) is 0.0295. The Balaban J connectivity index is 1.48. The van der Waals surface area contributed by atoms with Gasteiger partial charge in [0.15, 0.2) is 0 Å². The Labute approximate surface area is 176 Å². The normalized spacial score (nSPS) is 11.8. The molecule has 1 amide bonds. The summed E-state index contributed by atoms with van der Waals surface area (Å²) in [5, 5.41) is 8.95. The first kappa shape index (κ1) is 19.5. The fourth-order valence-electron chi connectivity index (χ4n) is 3.95. The van der Waals surface area contributed by atoms with Crippen molar-refractivity contribution in [2.24, 2.45) is 0 Å². The Morgan fingerprint density at radius 3 is 2.17 bits per heavy atom. The molecule has 1 aliphatic carbocycles. The van der Waals surface area contributed by atoms with Crippen LogP contribution in [0.15, 0.2) is 85.5 Å². The average Bonchev–Trinajstić information content (AvgIpc) is 3.11. The number of ether oxygens (including phenoxy) is 1. The Kier molecular flexibility index (Phi) is 5.63. The van der Waals surface area contributed by atoms with E-state index in [4.69, 9.17) is 10.00 Å². The molecule has 0 heterocycles. The van der Waals surface area contributed by atoms with Gasteiger partial charge >= 0.3 is 6.09 Å². The molecule has 30 heavy (non-hydrogen) atoms. The third-order valence-electron chi connectivity index (χ3n) is 5.40. The van der Waals surface area contributed by atoms with Crippen molar-refractivity contribution in [3.8, 4) is 17.2 Å². The van der Waals surface area contributed by atoms with Crippen LogP contribution in [0.5, 0.6) is 0 Å². The van der Waals surface area contributed by atoms with E-state index in [1.54, 1.807) is 23.1 Å². The van der Waals surface area contributed by atoms with Crippen LogP contribution in [0, 0.1) is 11.3 Å². The topological polar surface area (TPSA) is 53.3 Å². The Morgan fingerprint density at radius 2 is 1.60 bits per heavy atom. The van der Waals surface area contributed by atoms with E-state index in [0.717, 1.165) is 5.56 Å². The molecule has 4 heteroatoms. The zero-order valence-electron chi connectivity index (χ0n) is 16.6. The van der Waals surface area contributed by atoms with Gasteiger partial charge in [-0.25, -0.2) is 4.79 Å². The largest absolute Gasteiger partial charge is 0.448 e. The fraction of sp³-hybridized carbons (Fsp3) is 0.154. The first-order valence-electron chi connectivity index (χ1n) is 9.91. The van der Waals surface area contributed by atoms with Gasteiger partial charge in [0.2, 0.25) is 0 Å². The van der Waals surface area contributed by atoms with E-state index in [1.807, 2.05) is 36.4 Å². The van der Waals surface area contributed by atoms with Crippen molar-refractivity contribution in [1.82, 2.24) is 4.90 Å². The van der Waals surface area contributed by atoms with E-state index in [2.05, 4.69) is 36.9 Å². The molecule has 0 saturated carbocycles. The lowest BCUT2D eigenvalue weighted by molar-refractivity contribution is 0.101. The van der Waals surface area contributed by atoms with Crippen LogP contribution in [0.1, 0.15) is 28.2 Å². The highest BCUT2D eigenvalue weighted by atomic mass is 16.6. The number of nitrogens with zero attached hydrogens (tertiary/aromatic N) is 2. The number of carbonyl (C=O) groups is 1. The summed E-state index contributed by atoms with van der Waals surface area (Å²) >= 11 is 0. The van der Waals surface area contributed by atoms with Gasteiger partial charge in [-0.3, -0.25) is 0 Å². The molecule has 1 aliphatic rings. The molecule has 0 fully saturated rings. The van der Waals surface area contributed by atoms with E-state index in [0.29, 0.717) is 18.7 Å². The molecular formula is C26H22N2O2. The Hall–Kier alpha value is -3.84. The standard InChI is InChI=1S/C26H22N2O2/c1-2-15-28(17-20-13-11-19(16-27)12-14-20)26(29)30-18-25-23-9-5-3-7-21(23)22-8-4-6-10-24(22)25/h2-14,25H,1,15,17-18H2. The first-order valence-corrected chi connectivity index (χ1v) is 9.91. The van der Waals surface area contributed by atoms with Crippen LogP contribution in [0.4, 0.5) is 4.79 Å². The number of rotatable bonds is 6. The van der Waals surface area contributed by atoms with Crippen molar-refractivity contribution in [1.29, 1.82) is 5.26 Å². The number of carbonyl (C=O) groups excluding carboxylic acids is 1. The number of amides is 1. The molecular weight excluding hydrogens is 372 g/mol. The lowest BCUT2D eigenvalue weighted by atomic mass is 9.98. The van der Waals surface area contributed by atoms with Crippen molar-refractivity contribution in [2.75, 3.05) is 13.2 Å². The van der Waals surface area contributed by atoms with Gasteiger partial charge < -0.3 is 9.64 Å². The lowest BCUT2D eigenvalue weighted by Gasteiger charge is -2.22. The monoisotopic (exact) mass is 394 g/mol. The Morgan fingerprint density at radius 1 is 1.00 bits per heavy atom. The van der Waals surface area contributed by atoms with Crippen LogP contribution in [0.3, 0.4) is 0 Å². The average molecular weight is 394 g/mol. The van der Waals surface area contributed by atoms with E-state index in [-0.39, 0.29) is 18.6 Å². The highest BCUT2D eigenvalue weighted by Gasteiger charge is 2.29. The van der Waals surface area contributed by atoms with Crippen molar-refractivity contribution in [2.45, 2.75) is 12.5 Å². The summed E-state index contributed by atoms with van der Waals surface area (Å²) in [6, 6.07) is 25.9. The van der Waals surface area contributed by atoms with Crippen LogP contribution in [0.25, 0.3) is 11.1 Å². The summed E-state index contributed by atoms with van der Waals surface area (Å²) in [4.78, 5) is 14.5. The number of fused-ring (bicyclic) bond motifs is 3. The minimum atomic E-state index is -0.374. The van der Waals surface area contributed by atoms with Crippen LogP contribution in [-0.2, 0) is 11.3 Å². The predicted octanol–water partition coefficient (Wildman–Crippen LogP) is 5.50. The van der Waals surface area contributed by atoms with Crippen molar-refractivity contribution in [3.63, 3.8) is 0 Å². The SMILES string of the molecule is C=CCN(Cc1ccc(C#N)cc1)C(=O)OCC1c2ccccc2-c2ccccc21. The van der Waals surface area contributed by atoms with Gasteiger partial charge in [-0.2, -0.15) is 5.26 Å². The highest BCUT2D eigenvalue weighted by molar-refractivity contribution is 5.79. The van der Waals surface area contributed by atoms with Gasteiger partial charge in [-0.05, 0) is 39.9 Å². The van der Waals surface area contributed by atoms with Gasteiger partial charge in [0.1, 0.15) is 6.61 Å². The quantitative estimate of drug-likeness (QED) is 0.519. The second kappa shape index (κ2) is 8.67. The van der Waals surface area contributed by atoms with E-state index in [9.17, 15) is 4.79 Å². The van der Waals surface area contributed by atoms with Gasteiger partial charge in [0.25, 0.3) is 0 Å². The third kappa shape index (κ3) is 3.83. The zero-order chi connectivity index (χ0) is 20.9. The zero-order valence-corrected chi connectivity index (χ0v) is 16.6. The molecule has 0 radical (unpaired) electrons. The molecule has 4 rings (SSSR count). The predicted molar refractivity (Wildman–Crippen MR) is 117 cm³/mol. The Bertz CT molecular complexity index is 1070. The summed E-state index contributed by atoms with van der Waals surface area (Å²) in [5.41, 5.74) is 6.31. The van der Waals surface area contributed by atoms with Crippen molar-refractivity contribution < 1.29 is 9.53 Å². The maximum atomic E-state index is 12.8. The van der Waals surface area contributed by atoms with Gasteiger partial charge in [0.05, 0.1) is 11.6 Å². The first-order chi connectivity index (χ1) is 14.7. The van der Waals surface area contributed by atoms with Gasteiger partial charge in [-0.15, -0.1) is 6.58 Å². The third-order valence-corrected chi connectivity index (χ3v) is 5.40. The molecule has 3 aromatic rings. The minimum absolute atomic E-state index is 0.0295. The molecule has 0 aliphatic heterocycles. The maximum absolute atomic E-state index is 12.8. The molecule has 0 aromatic heterocycles. The maximum Gasteiger partial charge on any atom is 0.410 e. The van der Waals surface area contributed by atoms with Crippen LogP contribution in [-0.4, -0.2) is 24.1 Å². The summed E-state index contributed by atoms with van der Waals surface area (Å²) in [7, 11) is 0. The second-order valence-corrected chi connectivity index (χ2v) is 7.28. The molecule has 0 bridgehead atoms. The second-order valence-electron chi connectivity index (χ2n) is 7.28. The van der Waals surface area contributed by atoms with Crippen molar-refractivity contribution >= 4 is 6.09 Å². The molecule has 0 unspecified atom stereocenters. The molecule has 0 atom stereocenters. The van der Waals surface area contributed by atoms with Gasteiger partial charge in [0, 0.05) is 19.0 Å². The number of benzene rings is 3. The summed E-state index contributed by atoms with van der Waals surface area (Å²) in [6.07, 6.45) is 1.31. The van der Waals surface area contributed by atoms with Crippen molar-refractivity contribution in [3.05, 3.63) is 108 Å². The number of hydrogen-bond acceptors (Lipinski definition) is 3. The van der Waals surface area contributed by atoms with Gasteiger partial charge in [-0.1, -0.05) is 66.7 Å². The van der Waals surface area contributed by atoms with E-state index >= 15 is 0 Å². The van der Waals surface area contributed by atoms with E-state index < -0.39 is 0 Å². The van der Waals surface area contributed by atoms with Crippen LogP contribution in [0.2, 0.25) is 0 Å². The minimum Gasteiger partial charge on any atom is -0.448 e. The summed E-state index contributed by atoms with van der Waals surface area (Å²) in [6.45, 7) is 4.82. The van der Waals surface area contributed by atoms with Crippen LogP contribution < -0.4 is 0 Å². The molecule has 4 nitrogen and oxygen atoms in total. The molecule has 148 valence electrons.